The van der Waals surface area contributed by atoms with E-state index >= 15 is 0 Å². The van der Waals surface area contributed by atoms with E-state index in [-0.39, 0.29) is 24.4 Å². The number of fused-ring (bicyclic) bond motifs is 1. The topological polar surface area (TPSA) is 69.2 Å². The first-order chi connectivity index (χ1) is 15.0. The standard InChI is InChI=1S/C24H21BrN4O2/c1-17-5-7-18(8-6-17)15-28-12-3-2-4-22(28)27-23(30)11-13-29-16-26-21-10-9-19(25)14-20(21)24(29)31/h2-10,12,14,16H,11,13,15H2,1H3. The first-order valence-electron chi connectivity index (χ1n) is 9.93. The summed E-state index contributed by atoms with van der Waals surface area (Å²) < 4.78 is 4.20. The number of pyridine rings is 1. The Balaban J connectivity index is 1.52. The predicted molar refractivity (Wildman–Crippen MR) is 124 cm³/mol. The van der Waals surface area contributed by atoms with Gasteiger partial charge in [-0.15, -0.1) is 0 Å². The van der Waals surface area contributed by atoms with E-state index < -0.39 is 0 Å². The summed E-state index contributed by atoms with van der Waals surface area (Å²) in [4.78, 5) is 33.8. The number of benzene rings is 2. The second-order valence-electron chi connectivity index (χ2n) is 7.33. The molecule has 0 N–H and O–H groups in total. The van der Waals surface area contributed by atoms with Crippen LogP contribution >= 0.6 is 15.9 Å². The first kappa shape index (κ1) is 20.9. The molecule has 0 bridgehead atoms. The Bertz CT molecular complexity index is 1370. The Labute approximate surface area is 187 Å². The number of aromatic nitrogens is 3. The molecule has 0 spiro atoms. The van der Waals surface area contributed by atoms with Gasteiger partial charge in [-0.1, -0.05) is 51.8 Å². The zero-order valence-electron chi connectivity index (χ0n) is 17.0. The molecule has 4 rings (SSSR count). The summed E-state index contributed by atoms with van der Waals surface area (Å²) in [5.74, 6) is -0.287. The van der Waals surface area contributed by atoms with Crippen LogP contribution in [0.4, 0.5) is 0 Å². The minimum atomic E-state index is -0.287. The van der Waals surface area contributed by atoms with Crippen molar-refractivity contribution < 1.29 is 4.79 Å². The van der Waals surface area contributed by atoms with Crippen molar-refractivity contribution in [3.8, 4) is 0 Å². The molecule has 6 nitrogen and oxygen atoms in total. The SMILES string of the molecule is Cc1ccc(Cn2ccccc2=NC(=O)CCn2cnc3ccc(Br)cc3c2=O)cc1. The quantitative estimate of drug-likeness (QED) is 0.439. The molecule has 156 valence electrons. The molecule has 2 aromatic carbocycles. The lowest BCUT2D eigenvalue weighted by molar-refractivity contribution is -0.118. The maximum Gasteiger partial charge on any atom is 0.261 e. The Morgan fingerprint density at radius 3 is 2.68 bits per heavy atom. The number of halogens is 1. The van der Waals surface area contributed by atoms with Crippen LogP contribution in [0, 0.1) is 6.92 Å². The molecule has 0 saturated carbocycles. The zero-order chi connectivity index (χ0) is 21.8. The van der Waals surface area contributed by atoms with Gasteiger partial charge < -0.3 is 4.57 Å². The van der Waals surface area contributed by atoms with Crippen molar-refractivity contribution in [3.63, 3.8) is 0 Å². The van der Waals surface area contributed by atoms with Gasteiger partial charge in [-0.3, -0.25) is 14.2 Å². The molecular formula is C24H21BrN4O2. The van der Waals surface area contributed by atoms with Crippen LogP contribution in [-0.4, -0.2) is 20.0 Å². The number of amides is 1. The Morgan fingerprint density at radius 2 is 1.87 bits per heavy atom. The summed E-state index contributed by atoms with van der Waals surface area (Å²) in [6, 6.07) is 19.2. The Kier molecular flexibility index (Phi) is 6.23. The molecule has 2 heterocycles. The van der Waals surface area contributed by atoms with Crippen molar-refractivity contribution in [3.05, 3.63) is 105 Å². The van der Waals surface area contributed by atoms with Crippen LogP contribution in [0.5, 0.6) is 0 Å². The highest BCUT2D eigenvalue weighted by atomic mass is 79.9. The maximum absolute atomic E-state index is 12.7. The average molecular weight is 477 g/mol. The molecule has 31 heavy (non-hydrogen) atoms. The summed E-state index contributed by atoms with van der Waals surface area (Å²) in [5, 5.41) is 0.514. The highest BCUT2D eigenvalue weighted by Crippen LogP contribution is 2.14. The van der Waals surface area contributed by atoms with E-state index in [0.29, 0.717) is 22.9 Å². The van der Waals surface area contributed by atoms with Crippen LogP contribution in [0.1, 0.15) is 17.5 Å². The van der Waals surface area contributed by atoms with Crippen LogP contribution in [0.15, 0.2) is 87.4 Å². The van der Waals surface area contributed by atoms with Gasteiger partial charge in [0.1, 0.15) is 5.49 Å². The second-order valence-corrected chi connectivity index (χ2v) is 8.25. The van der Waals surface area contributed by atoms with Crippen LogP contribution in [0.3, 0.4) is 0 Å². The molecule has 0 aliphatic carbocycles. The summed E-state index contributed by atoms with van der Waals surface area (Å²) in [6.45, 7) is 2.89. The smallest absolute Gasteiger partial charge is 0.261 e. The van der Waals surface area contributed by atoms with Crippen molar-refractivity contribution in [2.24, 2.45) is 4.99 Å². The number of aryl methyl sites for hydroxylation is 2. The molecule has 1 amide bonds. The third-order valence-electron chi connectivity index (χ3n) is 4.98. The fourth-order valence-corrected chi connectivity index (χ4v) is 3.64. The summed E-state index contributed by atoms with van der Waals surface area (Å²) >= 11 is 3.38. The minimum absolute atomic E-state index is 0.112. The summed E-state index contributed by atoms with van der Waals surface area (Å²) in [7, 11) is 0. The highest BCUT2D eigenvalue weighted by molar-refractivity contribution is 9.10. The van der Waals surface area contributed by atoms with E-state index in [0.717, 1.165) is 10.0 Å². The Morgan fingerprint density at radius 1 is 1.06 bits per heavy atom. The van der Waals surface area contributed by atoms with E-state index in [1.54, 1.807) is 12.1 Å². The molecule has 2 aromatic heterocycles. The largest absolute Gasteiger partial charge is 0.329 e. The van der Waals surface area contributed by atoms with Gasteiger partial charge in [0.2, 0.25) is 5.91 Å². The van der Waals surface area contributed by atoms with Crippen LogP contribution < -0.4 is 11.0 Å². The molecular weight excluding hydrogens is 456 g/mol. The summed E-state index contributed by atoms with van der Waals surface area (Å²) in [6.07, 6.45) is 3.49. The Hall–Kier alpha value is -3.32. The fraction of sp³-hybridized carbons (Fsp3) is 0.167. The van der Waals surface area contributed by atoms with Gasteiger partial charge in [0, 0.05) is 30.2 Å². The number of hydrogen-bond acceptors (Lipinski definition) is 3. The molecule has 0 radical (unpaired) electrons. The number of nitrogens with zero attached hydrogens (tertiary/aromatic N) is 4. The number of hydrogen-bond donors (Lipinski definition) is 0. The van der Waals surface area contributed by atoms with Gasteiger partial charge in [0.25, 0.3) is 5.56 Å². The van der Waals surface area contributed by atoms with Crippen LogP contribution in [0.25, 0.3) is 10.9 Å². The van der Waals surface area contributed by atoms with Gasteiger partial charge in [-0.25, -0.2) is 4.98 Å². The number of carbonyl (C=O) groups excluding carboxylic acids is 1. The van der Waals surface area contributed by atoms with E-state index in [1.807, 2.05) is 42.0 Å². The third kappa shape index (κ3) is 5.06. The van der Waals surface area contributed by atoms with Crippen molar-refractivity contribution in [1.29, 1.82) is 0 Å². The van der Waals surface area contributed by atoms with Gasteiger partial charge in [-0.05, 0) is 42.8 Å². The maximum atomic E-state index is 12.7. The number of carbonyl (C=O) groups is 1. The highest BCUT2D eigenvalue weighted by Gasteiger charge is 2.07. The van der Waals surface area contributed by atoms with Gasteiger partial charge in [-0.2, -0.15) is 4.99 Å². The lowest BCUT2D eigenvalue weighted by Crippen LogP contribution is -2.24. The summed E-state index contributed by atoms with van der Waals surface area (Å²) in [5.41, 5.74) is 3.37. The molecule has 0 unspecified atom stereocenters. The molecule has 0 aliphatic heterocycles. The van der Waals surface area contributed by atoms with E-state index in [4.69, 9.17) is 0 Å². The first-order valence-corrected chi connectivity index (χ1v) is 10.7. The van der Waals surface area contributed by atoms with E-state index in [1.165, 1.54) is 16.5 Å². The molecule has 0 atom stereocenters. The lowest BCUT2D eigenvalue weighted by Gasteiger charge is -2.08. The van der Waals surface area contributed by atoms with E-state index in [2.05, 4.69) is 50.2 Å². The van der Waals surface area contributed by atoms with Crippen molar-refractivity contribution in [1.82, 2.24) is 14.1 Å². The molecule has 0 fully saturated rings. The van der Waals surface area contributed by atoms with Gasteiger partial charge in [0.15, 0.2) is 0 Å². The monoisotopic (exact) mass is 476 g/mol. The number of rotatable bonds is 5. The van der Waals surface area contributed by atoms with Gasteiger partial charge in [0.05, 0.1) is 17.2 Å². The van der Waals surface area contributed by atoms with Crippen LogP contribution in [0.2, 0.25) is 0 Å². The fourth-order valence-electron chi connectivity index (χ4n) is 3.28. The average Bonchev–Trinajstić information content (AvgIpc) is 2.76. The molecule has 4 aromatic rings. The second kappa shape index (κ2) is 9.22. The van der Waals surface area contributed by atoms with Gasteiger partial charge >= 0.3 is 0 Å². The predicted octanol–water partition coefficient (Wildman–Crippen LogP) is 3.83. The van der Waals surface area contributed by atoms with Crippen molar-refractivity contribution in [2.45, 2.75) is 26.4 Å². The third-order valence-corrected chi connectivity index (χ3v) is 5.48. The van der Waals surface area contributed by atoms with Crippen LogP contribution in [-0.2, 0) is 17.9 Å². The zero-order valence-corrected chi connectivity index (χ0v) is 18.6. The van der Waals surface area contributed by atoms with E-state index in [9.17, 15) is 9.59 Å². The molecule has 0 saturated heterocycles. The molecule has 7 heteroatoms. The minimum Gasteiger partial charge on any atom is -0.329 e. The normalized spacial score (nSPS) is 11.7. The van der Waals surface area contributed by atoms with Crippen molar-refractivity contribution >= 4 is 32.7 Å². The molecule has 0 aliphatic rings. The lowest BCUT2D eigenvalue weighted by atomic mass is 10.1. The van der Waals surface area contributed by atoms with Crippen molar-refractivity contribution in [2.75, 3.05) is 0 Å².